The van der Waals surface area contributed by atoms with Crippen molar-refractivity contribution in [3.63, 3.8) is 0 Å². The molecular formula is C20H23N7O. The number of hydrogen-bond donors (Lipinski definition) is 2. The number of rotatable bonds is 4. The maximum atomic E-state index is 11.8. The van der Waals surface area contributed by atoms with E-state index in [9.17, 15) is 4.79 Å². The Labute approximate surface area is 163 Å². The fraction of sp³-hybridized carbons (Fsp3) is 0.350. The van der Waals surface area contributed by atoms with E-state index in [2.05, 4.69) is 29.8 Å². The number of aryl methyl sites for hydroxylation is 1. The van der Waals surface area contributed by atoms with Crippen LogP contribution >= 0.6 is 0 Å². The first kappa shape index (κ1) is 16.9. The molecule has 3 aliphatic heterocycles. The molecule has 8 nitrogen and oxygen atoms in total. The largest absolute Gasteiger partial charge is 0.366 e. The topological polar surface area (TPSA) is 94.0 Å². The first-order valence-corrected chi connectivity index (χ1v) is 9.62. The zero-order chi connectivity index (χ0) is 19.4. The Kier molecular flexibility index (Phi) is 3.68. The number of allylic oxidation sites excluding steroid dienone is 2. The van der Waals surface area contributed by atoms with Crippen LogP contribution in [-0.2, 0) is 17.8 Å². The van der Waals surface area contributed by atoms with Crippen LogP contribution in [0.15, 0.2) is 42.5 Å². The van der Waals surface area contributed by atoms with Gasteiger partial charge >= 0.3 is 0 Å². The van der Waals surface area contributed by atoms with Crippen molar-refractivity contribution in [2.75, 3.05) is 0 Å². The Hall–Kier alpha value is -3.29. The maximum Gasteiger partial charge on any atom is 0.266 e. The zero-order valence-corrected chi connectivity index (χ0v) is 16.0. The van der Waals surface area contributed by atoms with E-state index in [0.717, 1.165) is 47.9 Å². The third-order valence-corrected chi connectivity index (χ3v) is 5.44. The van der Waals surface area contributed by atoms with Crippen molar-refractivity contribution < 1.29 is 4.79 Å². The lowest BCUT2D eigenvalue weighted by Gasteiger charge is -2.26. The quantitative estimate of drug-likeness (QED) is 0.846. The molecule has 0 radical (unpaired) electrons. The molecule has 0 saturated carbocycles. The molecule has 8 heteroatoms. The molecule has 1 atom stereocenters. The minimum atomic E-state index is -0.449. The number of primary amides is 1. The molecule has 0 spiro atoms. The third-order valence-electron chi connectivity index (χ3n) is 5.44. The minimum Gasteiger partial charge on any atom is -0.366 e. The van der Waals surface area contributed by atoms with Gasteiger partial charge in [-0.1, -0.05) is 6.08 Å². The van der Waals surface area contributed by atoms with Crippen molar-refractivity contribution in [3.05, 3.63) is 54.0 Å². The predicted octanol–water partition coefficient (Wildman–Crippen LogP) is 1.74. The van der Waals surface area contributed by atoms with E-state index in [1.54, 1.807) is 6.20 Å². The minimum absolute atomic E-state index is 0.0872. The van der Waals surface area contributed by atoms with Gasteiger partial charge in [-0.05, 0) is 32.4 Å². The van der Waals surface area contributed by atoms with Crippen molar-refractivity contribution in [1.29, 1.82) is 0 Å². The van der Waals surface area contributed by atoms with Gasteiger partial charge in [-0.15, -0.1) is 0 Å². The third kappa shape index (κ3) is 2.48. The molecule has 3 N–H and O–H groups in total. The van der Waals surface area contributed by atoms with E-state index in [4.69, 9.17) is 15.8 Å². The summed E-state index contributed by atoms with van der Waals surface area (Å²) in [5, 5.41) is 7.90. The molecule has 0 aromatic carbocycles. The molecule has 0 bridgehead atoms. The highest BCUT2D eigenvalue weighted by molar-refractivity contribution is 5.93. The number of nitrogens with two attached hydrogens (primary N) is 1. The number of amides is 1. The number of imidazole rings is 1. The molecule has 2 aromatic heterocycles. The second-order valence-corrected chi connectivity index (χ2v) is 7.61. The van der Waals surface area contributed by atoms with Crippen LogP contribution in [0.25, 0.3) is 17.0 Å². The Balaban J connectivity index is 1.62. The lowest BCUT2D eigenvalue weighted by atomic mass is 10.1. The van der Waals surface area contributed by atoms with Gasteiger partial charge in [-0.25, -0.2) is 4.98 Å². The molecule has 5 heterocycles. The van der Waals surface area contributed by atoms with E-state index in [1.807, 2.05) is 34.1 Å². The normalized spacial score (nSPS) is 20.1. The van der Waals surface area contributed by atoms with Gasteiger partial charge in [0.2, 0.25) is 0 Å². The number of hydrogen-bond acceptors (Lipinski definition) is 5. The van der Waals surface area contributed by atoms with Gasteiger partial charge in [-0.2, -0.15) is 5.10 Å². The fourth-order valence-corrected chi connectivity index (χ4v) is 4.04. The summed E-state index contributed by atoms with van der Waals surface area (Å²) in [6, 6.07) is 2.31. The SMILES string of the molecule is CC(C)n1ccc(-c2nc3n(c2C2=CN4C(C(N)=O)=CNC4C=C2)CCC3)n1. The van der Waals surface area contributed by atoms with E-state index in [0.29, 0.717) is 11.7 Å². The lowest BCUT2D eigenvalue weighted by molar-refractivity contribution is -0.115. The molecule has 3 aliphatic rings. The van der Waals surface area contributed by atoms with Crippen molar-refractivity contribution in [1.82, 2.24) is 29.5 Å². The number of nitrogens with zero attached hydrogens (tertiary/aromatic N) is 5. The second kappa shape index (κ2) is 6.12. The van der Waals surface area contributed by atoms with Crippen LogP contribution < -0.4 is 11.1 Å². The summed E-state index contributed by atoms with van der Waals surface area (Å²) in [4.78, 5) is 18.6. The van der Waals surface area contributed by atoms with Gasteiger partial charge < -0.3 is 20.5 Å². The van der Waals surface area contributed by atoms with Crippen LogP contribution in [0.3, 0.4) is 0 Å². The van der Waals surface area contributed by atoms with Crippen molar-refractivity contribution in [2.45, 2.75) is 45.4 Å². The van der Waals surface area contributed by atoms with Crippen LogP contribution in [0.1, 0.15) is 37.8 Å². The average Bonchev–Trinajstić information content (AvgIpc) is 3.41. The van der Waals surface area contributed by atoms with Crippen LogP contribution in [0.2, 0.25) is 0 Å². The molecule has 1 unspecified atom stereocenters. The first-order valence-electron chi connectivity index (χ1n) is 9.62. The molecular weight excluding hydrogens is 354 g/mol. The van der Waals surface area contributed by atoms with Crippen LogP contribution in [0.5, 0.6) is 0 Å². The predicted molar refractivity (Wildman–Crippen MR) is 105 cm³/mol. The van der Waals surface area contributed by atoms with Crippen molar-refractivity contribution >= 4 is 11.5 Å². The second-order valence-electron chi connectivity index (χ2n) is 7.61. The van der Waals surface area contributed by atoms with E-state index in [1.165, 1.54) is 0 Å². The standard InChI is InChI=1S/C20H23N7O/c1-12(2)27-9-7-14(24-27)18-19(25-8-3-4-17(25)23-18)13-5-6-16-22-10-15(20(21)28)26(16)11-13/h5-7,9-12,16,22H,3-4,8H2,1-2H3,(H2,21,28). The zero-order valence-electron chi connectivity index (χ0n) is 16.0. The number of nitrogens with one attached hydrogen (secondary N) is 1. The van der Waals surface area contributed by atoms with Crippen LogP contribution in [0, 0.1) is 0 Å². The first-order chi connectivity index (χ1) is 13.5. The van der Waals surface area contributed by atoms with E-state index in [-0.39, 0.29) is 6.17 Å². The Morgan fingerprint density at radius 1 is 1.39 bits per heavy atom. The summed E-state index contributed by atoms with van der Waals surface area (Å²) in [5.41, 5.74) is 9.80. The van der Waals surface area contributed by atoms with Gasteiger partial charge in [0.15, 0.2) is 0 Å². The van der Waals surface area contributed by atoms with Gasteiger partial charge in [0.1, 0.15) is 29.1 Å². The van der Waals surface area contributed by atoms with Crippen LogP contribution in [0.4, 0.5) is 0 Å². The van der Waals surface area contributed by atoms with Gasteiger partial charge in [0, 0.05) is 43.2 Å². The summed E-state index contributed by atoms with van der Waals surface area (Å²) >= 11 is 0. The molecule has 2 aromatic rings. The molecule has 144 valence electrons. The number of fused-ring (bicyclic) bond motifs is 2. The molecule has 0 saturated heterocycles. The Morgan fingerprint density at radius 3 is 3.00 bits per heavy atom. The van der Waals surface area contributed by atoms with E-state index < -0.39 is 5.91 Å². The number of carbonyl (C=O) groups is 1. The van der Waals surface area contributed by atoms with Crippen LogP contribution in [-0.4, -0.2) is 36.3 Å². The lowest BCUT2D eigenvalue weighted by Crippen LogP contribution is -2.36. The van der Waals surface area contributed by atoms with Gasteiger partial charge in [0.25, 0.3) is 5.91 Å². The molecule has 0 fully saturated rings. The highest BCUT2D eigenvalue weighted by Gasteiger charge is 2.31. The number of carbonyl (C=O) groups excluding carboxylic acids is 1. The highest BCUT2D eigenvalue weighted by Crippen LogP contribution is 2.35. The average molecular weight is 377 g/mol. The van der Waals surface area contributed by atoms with Crippen molar-refractivity contribution in [3.8, 4) is 11.4 Å². The van der Waals surface area contributed by atoms with E-state index >= 15 is 0 Å². The Morgan fingerprint density at radius 2 is 2.25 bits per heavy atom. The van der Waals surface area contributed by atoms with Gasteiger partial charge in [0.05, 0.1) is 5.69 Å². The summed E-state index contributed by atoms with van der Waals surface area (Å²) in [6.07, 6.45) is 11.7. The highest BCUT2D eigenvalue weighted by atomic mass is 16.1. The van der Waals surface area contributed by atoms with Crippen molar-refractivity contribution in [2.24, 2.45) is 5.73 Å². The van der Waals surface area contributed by atoms with Gasteiger partial charge in [-0.3, -0.25) is 9.48 Å². The number of aromatic nitrogens is 4. The summed E-state index contributed by atoms with van der Waals surface area (Å²) < 4.78 is 4.22. The fourth-order valence-electron chi connectivity index (χ4n) is 4.04. The molecule has 28 heavy (non-hydrogen) atoms. The molecule has 0 aliphatic carbocycles. The summed E-state index contributed by atoms with van der Waals surface area (Å²) in [7, 11) is 0. The Bertz CT molecular complexity index is 1050. The maximum absolute atomic E-state index is 11.8. The summed E-state index contributed by atoms with van der Waals surface area (Å²) in [6.45, 7) is 5.15. The summed E-state index contributed by atoms with van der Waals surface area (Å²) in [5.74, 6) is 0.640. The molecule has 1 amide bonds. The monoisotopic (exact) mass is 377 g/mol. The molecule has 5 rings (SSSR count). The smallest absolute Gasteiger partial charge is 0.266 e.